The zero-order chi connectivity index (χ0) is 17.5. The van der Waals surface area contributed by atoms with Crippen molar-refractivity contribution in [3.8, 4) is 0 Å². The van der Waals surface area contributed by atoms with E-state index in [-0.39, 0.29) is 18.1 Å². The van der Waals surface area contributed by atoms with E-state index in [9.17, 15) is 9.18 Å². The summed E-state index contributed by atoms with van der Waals surface area (Å²) in [7, 11) is 0. The molecule has 0 aliphatic heterocycles. The lowest BCUT2D eigenvalue weighted by atomic mass is 10.2. The first-order valence-electron chi connectivity index (χ1n) is 7.67. The predicted molar refractivity (Wildman–Crippen MR) is 97.9 cm³/mol. The number of rotatable bonds is 7. The molecule has 3 rings (SSSR count). The van der Waals surface area contributed by atoms with Crippen molar-refractivity contribution in [2.24, 2.45) is 0 Å². The normalized spacial score (nSPS) is 10.6. The molecule has 0 saturated heterocycles. The molecule has 4 nitrogen and oxygen atoms in total. The number of thiazole rings is 1. The first-order valence-corrected chi connectivity index (χ1v) is 9.53. The number of hydrogen-bond donors (Lipinski definition) is 1. The molecule has 1 aromatic carbocycles. The molecule has 128 valence electrons. The number of aromatic nitrogens is 2. The van der Waals surface area contributed by atoms with Crippen molar-refractivity contribution < 1.29 is 9.18 Å². The second-order valence-corrected chi connectivity index (χ2v) is 7.38. The minimum atomic E-state index is -0.207. The lowest BCUT2D eigenvalue weighted by Gasteiger charge is -2.03. The highest BCUT2D eigenvalue weighted by Gasteiger charge is 2.09. The fourth-order valence-corrected chi connectivity index (χ4v) is 3.95. The largest absolute Gasteiger partial charge is 0.352 e. The molecule has 0 spiro atoms. The SMILES string of the molecule is O=C(Cc1csc(SCc2ccccc2F)n1)NCc1cccnc1. The zero-order valence-corrected chi connectivity index (χ0v) is 14.9. The second-order valence-electron chi connectivity index (χ2n) is 5.30. The molecule has 7 heteroatoms. The first-order chi connectivity index (χ1) is 12.2. The Morgan fingerprint density at radius 2 is 2.12 bits per heavy atom. The van der Waals surface area contributed by atoms with E-state index >= 15 is 0 Å². The summed E-state index contributed by atoms with van der Waals surface area (Å²) < 4.78 is 14.4. The van der Waals surface area contributed by atoms with Gasteiger partial charge in [-0.25, -0.2) is 9.37 Å². The van der Waals surface area contributed by atoms with Gasteiger partial charge >= 0.3 is 0 Å². The lowest BCUT2D eigenvalue weighted by molar-refractivity contribution is -0.120. The van der Waals surface area contributed by atoms with Gasteiger partial charge in [0.05, 0.1) is 12.1 Å². The summed E-state index contributed by atoms with van der Waals surface area (Å²) in [5.41, 5.74) is 2.33. The number of carbonyl (C=O) groups is 1. The van der Waals surface area contributed by atoms with E-state index in [4.69, 9.17) is 0 Å². The highest BCUT2D eigenvalue weighted by atomic mass is 32.2. The zero-order valence-electron chi connectivity index (χ0n) is 13.3. The van der Waals surface area contributed by atoms with Crippen LogP contribution in [0.4, 0.5) is 4.39 Å². The van der Waals surface area contributed by atoms with E-state index < -0.39 is 0 Å². The average molecular weight is 373 g/mol. The molecule has 0 fully saturated rings. The summed E-state index contributed by atoms with van der Waals surface area (Å²) in [4.78, 5) is 20.4. The van der Waals surface area contributed by atoms with Crippen LogP contribution in [-0.4, -0.2) is 15.9 Å². The summed E-state index contributed by atoms with van der Waals surface area (Å²) in [5, 5.41) is 4.72. The molecule has 1 N–H and O–H groups in total. The fraction of sp³-hybridized carbons (Fsp3) is 0.167. The molecule has 0 radical (unpaired) electrons. The van der Waals surface area contributed by atoms with E-state index in [0.29, 0.717) is 17.9 Å². The molecular formula is C18H16FN3OS2. The first kappa shape index (κ1) is 17.6. The minimum absolute atomic E-state index is 0.0835. The van der Waals surface area contributed by atoms with Crippen LogP contribution in [0.1, 0.15) is 16.8 Å². The quantitative estimate of drug-likeness (QED) is 0.640. The second kappa shape index (κ2) is 8.73. The topological polar surface area (TPSA) is 54.9 Å². The van der Waals surface area contributed by atoms with Gasteiger partial charge in [-0.05, 0) is 23.3 Å². The number of pyridine rings is 1. The molecular weight excluding hydrogens is 357 g/mol. The lowest BCUT2D eigenvalue weighted by Crippen LogP contribution is -2.24. The van der Waals surface area contributed by atoms with Crippen molar-refractivity contribution in [2.75, 3.05) is 0 Å². The van der Waals surface area contributed by atoms with Crippen LogP contribution in [0.5, 0.6) is 0 Å². The van der Waals surface area contributed by atoms with Crippen LogP contribution in [0.15, 0.2) is 58.5 Å². The Bertz CT molecular complexity index is 839. The summed E-state index contributed by atoms with van der Waals surface area (Å²) >= 11 is 2.94. The summed E-state index contributed by atoms with van der Waals surface area (Å²) in [6.07, 6.45) is 3.65. The van der Waals surface area contributed by atoms with E-state index in [1.165, 1.54) is 29.2 Å². The van der Waals surface area contributed by atoms with Crippen LogP contribution in [-0.2, 0) is 23.5 Å². The van der Waals surface area contributed by atoms with Gasteiger partial charge in [-0.3, -0.25) is 9.78 Å². The Morgan fingerprint density at radius 1 is 1.24 bits per heavy atom. The molecule has 0 aliphatic rings. The summed E-state index contributed by atoms with van der Waals surface area (Å²) in [6, 6.07) is 10.5. The van der Waals surface area contributed by atoms with Gasteiger partial charge in [-0.1, -0.05) is 36.0 Å². The van der Waals surface area contributed by atoms with Gasteiger partial charge in [-0.2, -0.15) is 0 Å². The molecule has 0 saturated carbocycles. The van der Waals surface area contributed by atoms with Crippen LogP contribution in [0, 0.1) is 5.82 Å². The van der Waals surface area contributed by atoms with E-state index in [1.54, 1.807) is 24.5 Å². The third kappa shape index (κ3) is 5.37. The summed E-state index contributed by atoms with van der Waals surface area (Å²) in [5.74, 6) is 0.230. The van der Waals surface area contributed by atoms with E-state index in [1.807, 2.05) is 23.6 Å². The number of nitrogens with zero attached hydrogens (tertiary/aromatic N) is 2. The van der Waals surface area contributed by atoms with Crippen molar-refractivity contribution in [1.82, 2.24) is 15.3 Å². The molecule has 0 bridgehead atoms. The maximum absolute atomic E-state index is 13.6. The predicted octanol–water partition coefficient (Wildman–Crippen LogP) is 3.83. The average Bonchev–Trinajstić information content (AvgIpc) is 3.07. The van der Waals surface area contributed by atoms with E-state index in [0.717, 1.165) is 15.6 Å². The molecule has 3 aromatic rings. The molecule has 1 amide bonds. The number of hydrogen-bond acceptors (Lipinski definition) is 5. The molecule has 0 atom stereocenters. The Balaban J connectivity index is 1.48. The highest BCUT2D eigenvalue weighted by molar-refractivity contribution is 8.00. The maximum Gasteiger partial charge on any atom is 0.226 e. The van der Waals surface area contributed by atoms with E-state index in [2.05, 4.69) is 15.3 Å². The van der Waals surface area contributed by atoms with Crippen LogP contribution in [0.3, 0.4) is 0 Å². The summed E-state index contributed by atoms with van der Waals surface area (Å²) in [6.45, 7) is 0.450. The number of nitrogens with one attached hydrogen (secondary N) is 1. The van der Waals surface area contributed by atoms with Crippen LogP contribution < -0.4 is 5.32 Å². The van der Waals surface area contributed by atoms with Gasteiger partial charge in [0.1, 0.15) is 10.2 Å². The van der Waals surface area contributed by atoms with Crippen LogP contribution in [0.25, 0.3) is 0 Å². The molecule has 2 aromatic heterocycles. The number of amides is 1. The number of benzene rings is 1. The van der Waals surface area contributed by atoms with Gasteiger partial charge in [0.2, 0.25) is 5.91 Å². The van der Waals surface area contributed by atoms with Gasteiger partial charge in [0.25, 0.3) is 0 Å². The van der Waals surface area contributed by atoms with Gasteiger partial charge in [-0.15, -0.1) is 11.3 Å². The van der Waals surface area contributed by atoms with Crippen molar-refractivity contribution in [3.63, 3.8) is 0 Å². The third-order valence-electron chi connectivity index (χ3n) is 3.39. The monoisotopic (exact) mass is 373 g/mol. The Hall–Kier alpha value is -2.25. The molecule has 2 heterocycles. The van der Waals surface area contributed by atoms with Crippen molar-refractivity contribution >= 4 is 29.0 Å². The maximum atomic E-state index is 13.6. The molecule has 0 unspecified atom stereocenters. The molecule has 0 aliphatic carbocycles. The smallest absolute Gasteiger partial charge is 0.226 e. The van der Waals surface area contributed by atoms with Gasteiger partial charge < -0.3 is 5.32 Å². The number of halogens is 1. The van der Waals surface area contributed by atoms with Crippen molar-refractivity contribution in [3.05, 3.63) is 76.8 Å². The standard InChI is InChI=1S/C18H16FN3OS2/c19-16-6-2-1-5-14(16)11-24-18-22-15(12-25-18)8-17(23)21-10-13-4-3-7-20-9-13/h1-7,9,12H,8,10-11H2,(H,21,23). The van der Waals surface area contributed by atoms with Crippen molar-refractivity contribution in [2.45, 2.75) is 23.1 Å². The van der Waals surface area contributed by atoms with Crippen LogP contribution >= 0.6 is 23.1 Å². The molecule has 25 heavy (non-hydrogen) atoms. The van der Waals surface area contributed by atoms with Gasteiger partial charge in [0, 0.05) is 30.1 Å². The fourth-order valence-electron chi connectivity index (χ4n) is 2.12. The minimum Gasteiger partial charge on any atom is -0.352 e. The third-order valence-corrected chi connectivity index (χ3v) is 5.51. The van der Waals surface area contributed by atoms with Crippen molar-refractivity contribution in [1.29, 1.82) is 0 Å². The van der Waals surface area contributed by atoms with Crippen LogP contribution in [0.2, 0.25) is 0 Å². The highest BCUT2D eigenvalue weighted by Crippen LogP contribution is 2.27. The Morgan fingerprint density at radius 3 is 2.92 bits per heavy atom. The van der Waals surface area contributed by atoms with Gasteiger partial charge in [0.15, 0.2) is 0 Å². The number of thioether (sulfide) groups is 1. The Kier molecular flexibility index (Phi) is 6.14. The Labute approximate surface area is 153 Å². The number of carbonyl (C=O) groups excluding carboxylic acids is 1.